The molecule has 2 rings (SSSR count). The number of ketones is 1. The lowest BCUT2D eigenvalue weighted by molar-refractivity contribution is -0.0686. The Kier molecular flexibility index (Phi) is 5.76. The molecule has 21 heavy (non-hydrogen) atoms. The summed E-state index contributed by atoms with van der Waals surface area (Å²) in [5, 5.41) is 0. The lowest BCUT2D eigenvalue weighted by Gasteiger charge is -2.35. The van der Waals surface area contributed by atoms with Gasteiger partial charge in [0.2, 0.25) is 0 Å². The van der Waals surface area contributed by atoms with Crippen LogP contribution in [-0.4, -0.2) is 49.1 Å². The smallest absolute Gasteiger partial charge is 0.163 e. The molecule has 0 amide bonds. The number of rotatable bonds is 6. The summed E-state index contributed by atoms with van der Waals surface area (Å²) < 4.78 is 11.5. The van der Waals surface area contributed by atoms with E-state index in [1.54, 1.807) is 6.92 Å². The molecule has 1 aliphatic rings. The van der Waals surface area contributed by atoms with Crippen LogP contribution in [0.15, 0.2) is 24.3 Å². The molecule has 0 radical (unpaired) electrons. The van der Waals surface area contributed by atoms with Gasteiger partial charge in [-0.25, -0.2) is 0 Å². The number of benzene rings is 1. The fourth-order valence-electron chi connectivity index (χ4n) is 2.82. The van der Waals surface area contributed by atoms with Crippen LogP contribution < -0.4 is 4.74 Å². The van der Waals surface area contributed by atoms with Crippen LogP contribution in [0, 0.1) is 0 Å². The van der Waals surface area contributed by atoms with Gasteiger partial charge in [-0.15, -0.1) is 0 Å². The molecule has 1 fully saturated rings. The molecule has 0 aliphatic carbocycles. The molecule has 4 heteroatoms. The second kappa shape index (κ2) is 7.57. The van der Waals surface area contributed by atoms with Crippen LogP contribution in [0.3, 0.4) is 0 Å². The van der Waals surface area contributed by atoms with E-state index in [2.05, 4.69) is 18.7 Å². The Labute approximate surface area is 127 Å². The quantitative estimate of drug-likeness (QED) is 0.597. The lowest BCUT2D eigenvalue weighted by Crippen LogP contribution is -2.45. The molecule has 4 nitrogen and oxygen atoms in total. The van der Waals surface area contributed by atoms with Gasteiger partial charge >= 0.3 is 0 Å². The number of morpholine rings is 1. The van der Waals surface area contributed by atoms with Crippen molar-refractivity contribution in [2.75, 3.05) is 26.2 Å². The van der Waals surface area contributed by atoms with Gasteiger partial charge in [0.05, 0.1) is 24.4 Å². The maximum absolute atomic E-state index is 11.5. The van der Waals surface area contributed by atoms with E-state index in [1.165, 1.54) is 0 Å². The van der Waals surface area contributed by atoms with Crippen LogP contribution in [0.2, 0.25) is 0 Å². The van der Waals surface area contributed by atoms with E-state index in [4.69, 9.17) is 9.47 Å². The molecule has 1 saturated heterocycles. The summed E-state index contributed by atoms with van der Waals surface area (Å²) in [4.78, 5) is 13.9. The van der Waals surface area contributed by atoms with Crippen LogP contribution in [0.5, 0.6) is 5.75 Å². The molecule has 1 aromatic rings. The largest absolute Gasteiger partial charge is 0.493 e. The summed E-state index contributed by atoms with van der Waals surface area (Å²) in [6.07, 6.45) is 1.55. The van der Waals surface area contributed by atoms with E-state index >= 15 is 0 Å². The third-order valence-electron chi connectivity index (χ3n) is 3.64. The normalized spacial score (nSPS) is 23.0. The number of hydrogen-bond donors (Lipinski definition) is 0. The molecule has 2 unspecified atom stereocenters. The lowest BCUT2D eigenvalue weighted by atomic mass is 10.1. The second-order valence-corrected chi connectivity index (χ2v) is 5.77. The first-order valence-corrected chi connectivity index (χ1v) is 7.67. The molecule has 1 heterocycles. The Morgan fingerprint density at radius 3 is 2.62 bits per heavy atom. The molecule has 0 N–H and O–H groups in total. The maximum Gasteiger partial charge on any atom is 0.163 e. The SMILES string of the molecule is CC(=O)c1ccccc1OCCCN1CC(C)OC(C)C1. The van der Waals surface area contributed by atoms with Gasteiger partial charge in [0.1, 0.15) is 5.75 Å². The third-order valence-corrected chi connectivity index (χ3v) is 3.64. The molecular formula is C17H25NO3. The summed E-state index contributed by atoms with van der Waals surface area (Å²) >= 11 is 0. The first-order valence-electron chi connectivity index (χ1n) is 7.67. The Morgan fingerprint density at radius 1 is 1.29 bits per heavy atom. The zero-order chi connectivity index (χ0) is 15.2. The van der Waals surface area contributed by atoms with Crippen molar-refractivity contribution in [2.45, 2.75) is 39.4 Å². The van der Waals surface area contributed by atoms with Crippen molar-refractivity contribution in [3.05, 3.63) is 29.8 Å². The molecule has 0 spiro atoms. The van der Waals surface area contributed by atoms with Crippen molar-refractivity contribution in [1.29, 1.82) is 0 Å². The number of carbonyl (C=O) groups is 1. The highest BCUT2D eigenvalue weighted by Gasteiger charge is 2.21. The van der Waals surface area contributed by atoms with Gasteiger partial charge in [-0.05, 0) is 39.3 Å². The van der Waals surface area contributed by atoms with E-state index in [0.29, 0.717) is 30.1 Å². The summed E-state index contributed by atoms with van der Waals surface area (Å²) in [6.45, 7) is 9.39. The van der Waals surface area contributed by atoms with Crippen LogP contribution in [0.25, 0.3) is 0 Å². The first-order chi connectivity index (χ1) is 10.1. The number of para-hydroxylation sites is 1. The van der Waals surface area contributed by atoms with Gasteiger partial charge in [0.15, 0.2) is 5.78 Å². The van der Waals surface area contributed by atoms with E-state index in [9.17, 15) is 4.79 Å². The van der Waals surface area contributed by atoms with Crippen molar-refractivity contribution < 1.29 is 14.3 Å². The van der Waals surface area contributed by atoms with Gasteiger partial charge in [-0.1, -0.05) is 12.1 Å². The van der Waals surface area contributed by atoms with Crippen molar-refractivity contribution in [3.63, 3.8) is 0 Å². The number of hydrogen-bond acceptors (Lipinski definition) is 4. The average molecular weight is 291 g/mol. The molecule has 0 bridgehead atoms. The molecule has 1 aromatic carbocycles. The maximum atomic E-state index is 11.5. The topological polar surface area (TPSA) is 38.8 Å². The summed E-state index contributed by atoms with van der Waals surface area (Å²) in [5.41, 5.74) is 0.658. The number of ether oxygens (including phenoxy) is 2. The van der Waals surface area contributed by atoms with Crippen molar-refractivity contribution in [3.8, 4) is 5.75 Å². The number of carbonyl (C=O) groups excluding carboxylic acids is 1. The fraction of sp³-hybridized carbons (Fsp3) is 0.588. The highest BCUT2D eigenvalue weighted by Crippen LogP contribution is 2.18. The highest BCUT2D eigenvalue weighted by atomic mass is 16.5. The van der Waals surface area contributed by atoms with Gasteiger partial charge in [-0.3, -0.25) is 9.69 Å². The fourth-order valence-corrected chi connectivity index (χ4v) is 2.82. The van der Waals surface area contributed by atoms with Crippen molar-refractivity contribution in [1.82, 2.24) is 4.90 Å². The standard InChI is InChI=1S/C17H25NO3/c1-13-11-18(12-14(2)21-13)9-6-10-20-17-8-5-4-7-16(17)15(3)19/h4-5,7-8,13-14H,6,9-12H2,1-3H3. The molecule has 0 saturated carbocycles. The first kappa shape index (κ1) is 16.0. The van der Waals surface area contributed by atoms with Crippen LogP contribution in [0.4, 0.5) is 0 Å². The minimum Gasteiger partial charge on any atom is -0.493 e. The minimum atomic E-state index is 0.0430. The summed E-state index contributed by atoms with van der Waals surface area (Å²) in [7, 11) is 0. The zero-order valence-corrected chi connectivity index (χ0v) is 13.2. The van der Waals surface area contributed by atoms with Crippen LogP contribution in [-0.2, 0) is 4.74 Å². The highest BCUT2D eigenvalue weighted by molar-refractivity contribution is 5.96. The predicted octanol–water partition coefficient (Wildman–Crippen LogP) is 2.77. The minimum absolute atomic E-state index is 0.0430. The Bertz CT molecular complexity index is 465. The third kappa shape index (κ3) is 4.83. The van der Waals surface area contributed by atoms with E-state index < -0.39 is 0 Å². The molecule has 116 valence electrons. The number of nitrogens with zero attached hydrogens (tertiary/aromatic N) is 1. The number of Topliss-reactive ketones (excluding diaryl/α,β-unsaturated/α-hetero) is 1. The molecule has 0 aromatic heterocycles. The second-order valence-electron chi connectivity index (χ2n) is 5.77. The zero-order valence-electron chi connectivity index (χ0n) is 13.2. The Morgan fingerprint density at radius 2 is 1.95 bits per heavy atom. The Balaban J connectivity index is 1.76. The monoisotopic (exact) mass is 291 g/mol. The molecule has 1 aliphatic heterocycles. The average Bonchev–Trinajstić information content (AvgIpc) is 2.43. The van der Waals surface area contributed by atoms with E-state index in [0.717, 1.165) is 26.1 Å². The summed E-state index contributed by atoms with van der Waals surface area (Å²) in [5.74, 6) is 0.732. The van der Waals surface area contributed by atoms with E-state index in [-0.39, 0.29) is 5.78 Å². The Hall–Kier alpha value is -1.39. The van der Waals surface area contributed by atoms with Gasteiger partial charge < -0.3 is 9.47 Å². The van der Waals surface area contributed by atoms with Crippen molar-refractivity contribution in [2.24, 2.45) is 0 Å². The summed E-state index contributed by atoms with van der Waals surface area (Å²) in [6, 6.07) is 7.42. The molecular weight excluding hydrogens is 266 g/mol. The van der Waals surface area contributed by atoms with Crippen molar-refractivity contribution >= 4 is 5.78 Å². The van der Waals surface area contributed by atoms with Gasteiger partial charge in [0.25, 0.3) is 0 Å². The predicted molar refractivity (Wildman–Crippen MR) is 83.0 cm³/mol. The van der Waals surface area contributed by atoms with Gasteiger partial charge in [0, 0.05) is 19.6 Å². The van der Waals surface area contributed by atoms with E-state index in [1.807, 2.05) is 24.3 Å². The van der Waals surface area contributed by atoms with Crippen LogP contribution >= 0.6 is 0 Å². The molecule has 2 atom stereocenters. The van der Waals surface area contributed by atoms with Crippen LogP contribution in [0.1, 0.15) is 37.6 Å². The van der Waals surface area contributed by atoms with Gasteiger partial charge in [-0.2, -0.15) is 0 Å².